The van der Waals surface area contributed by atoms with Crippen molar-refractivity contribution in [3.05, 3.63) is 0 Å². The molecule has 4 N–H and O–H groups in total. The third-order valence-corrected chi connectivity index (χ3v) is 4.98. The molecule has 0 aromatic rings. The Hall–Kier alpha value is -0.160. The van der Waals surface area contributed by atoms with E-state index < -0.39 is 0 Å². The monoisotopic (exact) mass is 238 g/mol. The topological polar surface area (TPSA) is 48.1 Å². The molecular formula is C13H26N4. The molecule has 0 aromatic carbocycles. The van der Waals surface area contributed by atoms with Crippen LogP contribution in [0.4, 0.5) is 0 Å². The second-order valence-electron chi connectivity index (χ2n) is 6.11. The normalized spacial score (nSPS) is 38.1. The fourth-order valence-corrected chi connectivity index (χ4v) is 3.51. The fourth-order valence-electron chi connectivity index (χ4n) is 3.51. The second kappa shape index (κ2) is 5.22. The van der Waals surface area contributed by atoms with Crippen molar-refractivity contribution in [1.29, 1.82) is 0 Å². The SMILES string of the molecule is C1CC2(CCN1)CCNC2.C1NC[C@@H]2NC[C@H]12. The quantitative estimate of drug-likeness (QED) is 0.461. The molecule has 4 aliphatic heterocycles. The van der Waals surface area contributed by atoms with Crippen molar-refractivity contribution < 1.29 is 0 Å². The highest BCUT2D eigenvalue weighted by molar-refractivity contribution is 4.95. The van der Waals surface area contributed by atoms with Crippen LogP contribution in [0.25, 0.3) is 0 Å². The van der Waals surface area contributed by atoms with E-state index in [1.807, 2.05) is 0 Å². The van der Waals surface area contributed by atoms with Crippen LogP contribution in [-0.2, 0) is 0 Å². The van der Waals surface area contributed by atoms with Crippen LogP contribution in [0.1, 0.15) is 19.3 Å². The van der Waals surface area contributed by atoms with E-state index >= 15 is 0 Å². The minimum atomic E-state index is 0.700. The number of piperidine rings is 1. The second-order valence-corrected chi connectivity index (χ2v) is 6.11. The summed E-state index contributed by atoms with van der Waals surface area (Å²) in [4.78, 5) is 0. The number of hydrogen-bond acceptors (Lipinski definition) is 4. The van der Waals surface area contributed by atoms with E-state index in [9.17, 15) is 0 Å². The van der Waals surface area contributed by atoms with E-state index in [1.54, 1.807) is 0 Å². The Labute approximate surface area is 104 Å². The molecule has 0 unspecified atom stereocenters. The predicted molar refractivity (Wildman–Crippen MR) is 70.2 cm³/mol. The summed E-state index contributed by atoms with van der Waals surface area (Å²) in [5, 5.41) is 13.5. The molecule has 0 aromatic heterocycles. The van der Waals surface area contributed by atoms with Gasteiger partial charge < -0.3 is 21.3 Å². The van der Waals surface area contributed by atoms with Gasteiger partial charge in [0.15, 0.2) is 0 Å². The van der Waals surface area contributed by atoms with Crippen molar-refractivity contribution in [2.75, 3.05) is 45.8 Å². The van der Waals surface area contributed by atoms with Crippen LogP contribution in [0.2, 0.25) is 0 Å². The average molecular weight is 238 g/mol. The number of rotatable bonds is 0. The molecule has 98 valence electrons. The molecule has 0 amide bonds. The first-order valence-corrected chi connectivity index (χ1v) is 7.24. The molecule has 4 saturated heterocycles. The molecule has 4 heteroatoms. The maximum Gasteiger partial charge on any atom is 0.0245 e. The van der Waals surface area contributed by atoms with Crippen LogP contribution < -0.4 is 21.3 Å². The van der Waals surface area contributed by atoms with E-state index in [2.05, 4.69) is 21.3 Å². The van der Waals surface area contributed by atoms with Crippen molar-refractivity contribution in [3.63, 3.8) is 0 Å². The molecule has 4 heterocycles. The van der Waals surface area contributed by atoms with Gasteiger partial charge >= 0.3 is 0 Å². The van der Waals surface area contributed by atoms with Crippen LogP contribution in [0, 0.1) is 11.3 Å². The lowest BCUT2D eigenvalue weighted by molar-refractivity contribution is 0.229. The molecule has 4 rings (SSSR count). The number of fused-ring (bicyclic) bond motifs is 1. The van der Waals surface area contributed by atoms with Crippen molar-refractivity contribution in [2.24, 2.45) is 11.3 Å². The Bertz CT molecular complexity index is 232. The van der Waals surface area contributed by atoms with Crippen molar-refractivity contribution in [2.45, 2.75) is 25.3 Å². The summed E-state index contributed by atoms with van der Waals surface area (Å²) in [6.07, 6.45) is 4.19. The largest absolute Gasteiger partial charge is 0.317 e. The summed E-state index contributed by atoms with van der Waals surface area (Å²) in [7, 11) is 0. The van der Waals surface area contributed by atoms with Gasteiger partial charge in [-0.25, -0.2) is 0 Å². The zero-order valence-electron chi connectivity index (χ0n) is 10.7. The van der Waals surface area contributed by atoms with Gasteiger partial charge in [-0.05, 0) is 44.3 Å². The maximum atomic E-state index is 3.46. The van der Waals surface area contributed by atoms with Crippen molar-refractivity contribution >= 4 is 0 Å². The Morgan fingerprint density at radius 2 is 1.53 bits per heavy atom. The lowest BCUT2D eigenvalue weighted by atomic mass is 9.78. The summed E-state index contributed by atoms with van der Waals surface area (Å²) in [6, 6.07) is 0.833. The lowest BCUT2D eigenvalue weighted by Crippen LogP contribution is -2.51. The van der Waals surface area contributed by atoms with E-state index in [0.29, 0.717) is 5.41 Å². The molecule has 2 atom stereocenters. The maximum absolute atomic E-state index is 3.46. The van der Waals surface area contributed by atoms with Gasteiger partial charge in [-0.2, -0.15) is 0 Å². The van der Waals surface area contributed by atoms with Crippen LogP contribution in [0.5, 0.6) is 0 Å². The highest BCUT2D eigenvalue weighted by atomic mass is 15.1. The van der Waals surface area contributed by atoms with Crippen molar-refractivity contribution in [1.82, 2.24) is 21.3 Å². The third kappa shape index (κ3) is 2.65. The Morgan fingerprint density at radius 3 is 2.00 bits per heavy atom. The molecule has 1 spiro atoms. The van der Waals surface area contributed by atoms with E-state index in [1.165, 1.54) is 65.1 Å². The number of hydrogen-bond donors (Lipinski definition) is 4. The zero-order valence-corrected chi connectivity index (χ0v) is 10.7. The van der Waals surface area contributed by atoms with Crippen LogP contribution in [0.15, 0.2) is 0 Å². The van der Waals surface area contributed by atoms with Crippen molar-refractivity contribution in [3.8, 4) is 0 Å². The molecule has 4 nitrogen and oxygen atoms in total. The van der Waals surface area contributed by atoms with Gasteiger partial charge in [0, 0.05) is 38.1 Å². The highest BCUT2D eigenvalue weighted by Gasteiger charge is 2.34. The Morgan fingerprint density at radius 1 is 0.765 bits per heavy atom. The molecule has 0 radical (unpaired) electrons. The molecule has 4 aliphatic rings. The Balaban J connectivity index is 0.000000113. The van der Waals surface area contributed by atoms with Gasteiger partial charge in [-0.15, -0.1) is 0 Å². The minimum absolute atomic E-state index is 0.700. The minimum Gasteiger partial charge on any atom is -0.317 e. The standard InChI is InChI=1S/C8H16N2.C5H10N2/c1-4-9-5-2-8(1)3-6-10-7-8;1-4-2-7-5(4)3-6-1/h9-10H,1-7H2;4-7H,1-3H2/t;4-,5-/m.0/s1. The average Bonchev–Trinajstić information content (AvgIpc) is 2.89. The molecule has 0 bridgehead atoms. The summed E-state index contributed by atoms with van der Waals surface area (Å²) < 4.78 is 0. The molecule has 0 aliphatic carbocycles. The smallest absolute Gasteiger partial charge is 0.0245 e. The summed E-state index contributed by atoms with van der Waals surface area (Å²) >= 11 is 0. The molecule has 17 heavy (non-hydrogen) atoms. The zero-order chi connectivity index (χ0) is 11.6. The first kappa shape index (κ1) is 11.9. The first-order valence-electron chi connectivity index (χ1n) is 7.24. The van der Waals surface area contributed by atoms with Gasteiger partial charge in [0.25, 0.3) is 0 Å². The summed E-state index contributed by atoms with van der Waals surface area (Å²) in [5.41, 5.74) is 0.700. The molecule has 0 saturated carbocycles. The van der Waals surface area contributed by atoms with Gasteiger partial charge in [-0.1, -0.05) is 0 Å². The van der Waals surface area contributed by atoms with E-state index in [0.717, 1.165) is 12.0 Å². The molecular weight excluding hydrogens is 212 g/mol. The predicted octanol–water partition coefficient (Wildman–Crippen LogP) is -0.473. The van der Waals surface area contributed by atoms with Crippen LogP contribution >= 0.6 is 0 Å². The molecule has 4 fully saturated rings. The van der Waals surface area contributed by atoms with Gasteiger partial charge in [0.1, 0.15) is 0 Å². The van der Waals surface area contributed by atoms with Gasteiger partial charge in [-0.3, -0.25) is 0 Å². The lowest BCUT2D eigenvalue weighted by Gasteiger charge is -2.32. The van der Waals surface area contributed by atoms with Gasteiger partial charge in [0.2, 0.25) is 0 Å². The van der Waals surface area contributed by atoms with Crippen LogP contribution in [0.3, 0.4) is 0 Å². The summed E-state index contributed by atoms with van der Waals surface area (Å²) in [6.45, 7) is 8.69. The van der Waals surface area contributed by atoms with Crippen LogP contribution in [-0.4, -0.2) is 51.9 Å². The fraction of sp³-hybridized carbons (Fsp3) is 1.00. The number of nitrogens with one attached hydrogen (secondary N) is 4. The summed E-state index contributed by atoms with van der Waals surface area (Å²) in [5.74, 6) is 0.972. The van der Waals surface area contributed by atoms with E-state index in [-0.39, 0.29) is 0 Å². The first-order chi connectivity index (χ1) is 8.38. The van der Waals surface area contributed by atoms with E-state index in [4.69, 9.17) is 0 Å². The Kier molecular flexibility index (Phi) is 3.66. The third-order valence-electron chi connectivity index (χ3n) is 4.98. The highest BCUT2D eigenvalue weighted by Crippen LogP contribution is 2.34. The van der Waals surface area contributed by atoms with Gasteiger partial charge in [0.05, 0.1) is 0 Å².